The monoisotopic (exact) mass is 287 g/mol. The minimum absolute atomic E-state index is 0.0452. The van der Waals surface area contributed by atoms with Crippen molar-refractivity contribution in [1.29, 1.82) is 0 Å². The van der Waals surface area contributed by atoms with Gasteiger partial charge in [0.25, 0.3) is 5.88 Å². The Bertz CT molecular complexity index is 471. The van der Waals surface area contributed by atoms with Crippen LogP contribution in [0.1, 0.15) is 6.92 Å². The minimum Gasteiger partial charge on any atom is -0.470 e. The van der Waals surface area contributed by atoms with Gasteiger partial charge in [0, 0.05) is 19.2 Å². The molecule has 0 saturated carbocycles. The lowest BCUT2D eigenvalue weighted by atomic mass is 10.2. The normalized spacial score (nSPS) is 23.1. The summed E-state index contributed by atoms with van der Waals surface area (Å²) in [6, 6.07) is 1.21. The lowest BCUT2D eigenvalue weighted by Crippen LogP contribution is -2.45. The van der Waals surface area contributed by atoms with E-state index in [4.69, 9.17) is 21.1 Å². The fourth-order valence-electron chi connectivity index (χ4n) is 1.80. The molecule has 1 aromatic heterocycles. The number of hydrogen-bond acceptors (Lipinski definition) is 6. The molecule has 19 heavy (non-hydrogen) atoms. The summed E-state index contributed by atoms with van der Waals surface area (Å²) in [6.07, 6.45) is 1.25. The van der Waals surface area contributed by atoms with Gasteiger partial charge in [-0.1, -0.05) is 11.6 Å². The van der Waals surface area contributed by atoms with Gasteiger partial charge in [0.15, 0.2) is 0 Å². The van der Waals surface area contributed by atoms with Crippen molar-refractivity contribution in [3.05, 3.63) is 27.4 Å². The molecule has 1 aromatic rings. The van der Waals surface area contributed by atoms with Crippen LogP contribution >= 0.6 is 11.6 Å². The summed E-state index contributed by atoms with van der Waals surface area (Å²) in [4.78, 5) is 14.1. The number of morpholine rings is 1. The Balaban J connectivity index is 2.01. The van der Waals surface area contributed by atoms with Crippen molar-refractivity contribution in [3.63, 3.8) is 0 Å². The van der Waals surface area contributed by atoms with Crippen LogP contribution in [-0.4, -0.2) is 41.8 Å². The fraction of sp³-hybridized carbons (Fsp3) is 0.545. The number of nitro groups is 1. The highest BCUT2D eigenvalue weighted by Gasteiger charge is 2.22. The molecule has 2 rings (SSSR count). The van der Waals surface area contributed by atoms with E-state index in [1.165, 1.54) is 12.3 Å². The average Bonchev–Trinajstić information content (AvgIpc) is 2.37. The zero-order chi connectivity index (χ0) is 13.8. The Morgan fingerprint density at radius 3 is 3.16 bits per heavy atom. The van der Waals surface area contributed by atoms with E-state index in [0.717, 1.165) is 6.54 Å². The Labute approximate surface area is 115 Å². The Kier molecular flexibility index (Phi) is 4.52. The maximum Gasteiger partial charge on any atom is 0.332 e. The molecule has 0 spiro atoms. The van der Waals surface area contributed by atoms with Gasteiger partial charge in [0.05, 0.1) is 22.2 Å². The summed E-state index contributed by atoms with van der Waals surface area (Å²) in [5.74, 6) is -0.0452. The molecule has 0 aromatic carbocycles. The Morgan fingerprint density at radius 1 is 1.68 bits per heavy atom. The first-order valence-corrected chi connectivity index (χ1v) is 6.23. The first kappa shape index (κ1) is 14.0. The molecule has 1 aliphatic rings. The van der Waals surface area contributed by atoms with Crippen LogP contribution in [0.2, 0.25) is 5.02 Å². The summed E-state index contributed by atoms with van der Waals surface area (Å²) < 4.78 is 11.0. The second-order valence-corrected chi connectivity index (χ2v) is 4.71. The van der Waals surface area contributed by atoms with E-state index in [1.807, 2.05) is 6.92 Å². The van der Waals surface area contributed by atoms with Crippen LogP contribution in [0.25, 0.3) is 0 Å². The SMILES string of the molecule is CC1CNCC(COc2ncc(Cl)cc2[N+](=O)[O-])O1. The van der Waals surface area contributed by atoms with Gasteiger partial charge < -0.3 is 14.8 Å². The van der Waals surface area contributed by atoms with Crippen LogP contribution in [0.3, 0.4) is 0 Å². The first-order chi connectivity index (χ1) is 9.06. The van der Waals surface area contributed by atoms with E-state index in [-0.39, 0.29) is 35.4 Å². The van der Waals surface area contributed by atoms with Crippen molar-refractivity contribution < 1.29 is 14.4 Å². The molecule has 1 N–H and O–H groups in total. The van der Waals surface area contributed by atoms with Gasteiger partial charge in [-0.2, -0.15) is 0 Å². The van der Waals surface area contributed by atoms with Crippen LogP contribution in [0, 0.1) is 10.1 Å². The van der Waals surface area contributed by atoms with Gasteiger partial charge in [-0.15, -0.1) is 0 Å². The lowest BCUT2D eigenvalue weighted by molar-refractivity contribution is -0.386. The summed E-state index contributed by atoms with van der Waals surface area (Å²) in [7, 11) is 0. The standard InChI is InChI=1S/C11H14ClN3O4/c1-7-3-13-5-9(19-7)6-18-11-10(15(16)17)2-8(12)4-14-11/h2,4,7,9,13H,3,5-6H2,1H3. The van der Waals surface area contributed by atoms with Gasteiger partial charge >= 0.3 is 5.69 Å². The second-order valence-electron chi connectivity index (χ2n) is 4.27. The molecular formula is C11H14ClN3O4. The Morgan fingerprint density at radius 2 is 2.47 bits per heavy atom. The number of rotatable bonds is 4. The van der Waals surface area contributed by atoms with Gasteiger partial charge in [-0.25, -0.2) is 4.98 Å². The van der Waals surface area contributed by atoms with E-state index in [2.05, 4.69) is 10.3 Å². The van der Waals surface area contributed by atoms with Crippen molar-refractivity contribution in [2.45, 2.75) is 19.1 Å². The summed E-state index contributed by atoms with van der Waals surface area (Å²) in [5, 5.41) is 14.2. The third-order valence-corrected chi connectivity index (χ3v) is 2.84. The molecular weight excluding hydrogens is 274 g/mol. The highest BCUT2D eigenvalue weighted by Crippen LogP contribution is 2.27. The largest absolute Gasteiger partial charge is 0.470 e. The number of pyridine rings is 1. The van der Waals surface area contributed by atoms with E-state index in [9.17, 15) is 10.1 Å². The van der Waals surface area contributed by atoms with Gasteiger partial charge in [0.1, 0.15) is 12.7 Å². The molecule has 8 heteroatoms. The van der Waals surface area contributed by atoms with Crippen molar-refractivity contribution in [1.82, 2.24) is 10.3 Å². The zero-order valence-corrected chi connectivity index (χ0v) is 11.1. The number of ether oxygens (including phenoxy) is 2. The molecule has 1 aliphatic heterocycles. The summed E-state index contributed by atoms with van der Waals surface area (Å²) in [6.45, 7) is 3.58. The minimum atomic E-state index is -0.573. The van der Waals surface area contributed by atoms with Crippen molar-refractivity contribution in [2.24, 2.45) is 0 Å². The molecule has 2 heterocycles. The molecule has 1 saturated heterocycles. The van der Waals surface area contributed by atoms with E-state index in [0.29, 0.717) is 6.54 Å². The fourth-order valence-corrected chi connectivity index (χ4v) is 1.95. The summed E-state index contributed by atoms with van der Waals surface area (Å²) in [5.41, 5.74) is -0.246. The molecule has 0 radical (unpaired) electrons. The van der Waals surface area contributed by atoms with Crippen LogP contribution < -0.4 is 10.1 Å². The molecule has 0 amide bonds. The number of nitrogens with zero attached hydrogens (tertiary/aromatic N) is 2. The molecule has 7 nitrogen and oxygen atoms in total. The smallest absolute Gasteiger partial charge is 0.332 e. The third kappa shape index (κ3) is 3.76. The molecule has 1 fully saturated rings. The quantitative estimate of drug-likeness (QED) is 0.665. The van der Waals surface area contributed by atoms with Gasteiger partial charge in [-0.3, -0.25) is 10.1 Å². The zero-order valence-electron chi connectivity index (χ0n) is 10.3. The van der Waals surface area contributed by atoms with Crippen molar-refractivity contribution >= 4 is 17.3 Å². The molecule has 104 valence electrons. The molecule has 0 bridgehead atoms. The van der Waals surface area contributed by atoms with Crippen LogP contribution in [0.4, 0.5) is 5.69 Å². The van der Waals surface area contributed by atoms with E-state index in [1.54, 1.807) is 0 Å². The first-order valence-electron chi connectivity index (χ1n) is 5.85. The predicted octanol–water partition coefficient (Wildman–Crippen LogP) is 1.40. The maximum atomic E-state index is 10.9. The van der Waals surface area contributed by atoms with Gasteiger partial charge in [-0.05, 0) is 6.92 Å². The average molecular weight is 288 g/mol. The number of halogens is 1. The van der Waals surface area contributed by atoms with Crippen LogP contribution in [0.15, 0.2) is 12.3 Å². The number of aromatic nitrogens is 1. The van der Waals surface area contributed by atoms with Crippen molar-refractivity contribution in [2.75, 3.05) is 19.7 Å². The highest BCUT2D eigenvalue weighted by molar-refractivity contribution is 6.30. The predicted molar refractivity (Wildman–Crippen MR) is 68.6 cm³/mol. The number of nitrogens with one attached hydrogen (secondary N) is 1. The topological polar surface area (TPSA) is 86.5 Å². The summed E-state index contributed by atoms with van der Waals surface area (Å²) >= 11 is 5.67. The molecule has 2 atom stereocenters. The third-order valence-electron chi connectivity index (χ3n) is 2.63. The van der Waals surface area contributed by atoms with Crippen LogP contribution in [-0.2, 0) is 4.74 Å². The van der Waals surface area contributed by atoms with E-state index < -0.39 is 4.92 Å². The number of hydrogen-bond donors (Lipinski definition) is 1. The molecule has 0 aliphatic carbocycles. The lowest BCUT2D eigenvalue weighted by Gasteiger charge is -2.28. The van der Waals surface area contributed by atoms with Crippen molar-refractivity contribution in [3.8, 4) is 5.88 Å². The second kappa shape index (κ2) is 6.14. The van der Waals surface area contributed by atoms with Crippen LogP contribution in [0.5, 0.6) is 5.88 Å². The molecule has 2 unspecified atom stereocenters. The highest BCUT2D eigenvalue weighted by atomic mass is 35.5. The van der Waals surface area contributed by atoms with Gasteiger partial charge in [0.2, 0.25) is 0 Å². The Hall–Kier alpha value is -1.44. The maximum absolute atomic E-state index is 10.9. The van der Waals surface area contributed by atoms with E-state index >= 15 is 0 Å².